The first kappa shape index (κ1) is 34.9. The standard InChI is InChI=1S/C23H19FNO.C18H24NSi.Ir/c24-18-6-8-23-20(14-18)19-13-17(5-7-22(19)26-23)21-12-16(9-10-25-21)11-15-3-1-2-4-15;1-14(2)11-16-12-17(15-9-7-6-8-10-15)19-13-18(16)20(3,4)5;/h6-10,12-15H,1-4,11H2;6-9,12-14H,11H2,1-5H3;/q2*-1;. The van der Waals surface area contributed by atoms with Crippen LogP contribution >= 0.6 is 0 Å². The molecular formula is C41H43FIrN2OSi-2. The average molecular weight is 819 g/mol. The molecule has 1 aliphatic rings. The van der Waals surface area contributed by atoms with Gasteiger partial charge in [-0.1, -0.05) is 87.8 Å². The third-order valence-electron chi connectivity index (χ3n) is 8.87. The fourth-order valence-corrected chi connectivity index (χ4v) is 8.21. The van der Waals surface area contributed by atoms with Crippen LogP contribution in [0.5, 0.6) is 0 Å². The fourth-order valence-electron chi connectivity index (χ4n) is 6.62. The molecule has 47 heavy (non-hydrogen) atoms. The van der Waals surface area contributed by atoms with Crippen molar-refractivity contribution in [1.82, 2.24) is 9.97 Å². The molecule has 3 aromatic heterocycles. The summed E-state index contributed by atoms with van der Waals surface area (Å²) >= 11 is 0. The Bertz CT molecular complexity index is 1940. The van der Waals surface area contributed by atoms with E-state index in [2.05, 4.69) is 86.1 Å². The van der Waals surface area contributed by atoms with Crippen LogP contribution in [0.4, 0.5) is 4.39 Å². The van der Waals surface area contributed by atoms with Crippen molar-refractivity contribution in [2.24, 2.45) is 11.8 Å². The van der Waals surface area contributed by atoms with Gasteiger partial charge in [0.05, 0.1) is 13.7 Å². The summed E-state index contributed by atoms with van der Waals surface area (Å²) in [5, 5.41) is 3.18. The molecule has 245 valence electrons. The third-order valence-corrected chi connectivity index (χ3v) is 10.9. The minimum Gasteiger partial charge on any atom is -0.500 e. The largest absolute Gasteiger partial charge is 0.500 e. The van der Waals surface area contributed by atoms with Crippen molar-refractivity contribution in [2.75, 3.05) is 0 Å². The zero-order valence-corrected chi connectivity index (χ0v) is 31.4. The number of rotatable bonds is 7. The monoisotopic (exact) mass is 819 g/mol. The zero-order valence-electron chi connectivity index (χ0n) is 28.0. The van der Waals surface area contributed by atoms with E-state index in [4.69, 9.17) is 4.42 Å². The summed E-state index contributed by atoms with van der Waals surface area (Å²) in [6.07, 6.45) is 11.6. The maximum atomic E-state index is 13.7. The third kappa shape index (κ3) is 8.54. The van der Waals surface area contributed by atoms with Crippen molar-refractivity contribution >= 4 is 35.2 Å². The van der Waals surface area contributed by atoms with Gasteiger partial charge in [0.15, 0.2) is 0 Å². The van der Waals surface area contributed by atoms with E-state index in [1.807, 2.05) is 36.5 Å². The topological polar surface area (TPSA) is 38.9 Å². The van der Waals surface area contributed by atoms with Gasteiger partial charge in [0.2, 0.25) is 0 Å². The Morgan fingerprint density at radius 1 is 0.872 bits per heavy atom. The molecule has 1 radical (unpaired) electrons. The summed E-state index contributed by atoms with van der Waals surface area (Å²) in [6.45, 7) is 11.7. The molecule has 1 fully saturated rings. The summed E-state index contributed by atoms with van der Waals surface area (Å²) in [7, 11) is -1.34. The molecule has 1 aliphatic carbocycles. The molecule has 6 heteroatoms. The Labute approximate surface area is 293 Å². The number of benzene rings is 3. The van der Waals surface area contributed by atoms with Gasteiger partial charge in [-0.25, -0.2) is 4.39 Å². The Balaban J connectivity index is 0.000000188. The average Bonchev–Trinajstić information content (AvgIpc) is 3.68. The first-order valence-electron chi connectivity index (χ1n) is 16.6. The second-order valence-electron chi connectivity index (χ2n) is 14.1. The molecule has 0 bridgehead atoms. The first-order chi connectivity index (χ1) is 22.1. The van der Waals surface area contributed by atoms with Crippen molar-refractivity contribution < 1.29 is 28.9 Å². The predicted molar refractivity (Wildman–Crippen MR) is 191 cm³/mol. The van der Waals surface area contributed by atoms with E-state index in [1.54, 1.807) is 6.07 Å². The van der Waals surface area contributed by atoms with Gasteiger partial charge in [-0.2, -0.15) is 0 Å². The van der Waals surface area contributed by atoms with Gasteiger partial charge in [-0.05, 0) is 65.5 Å². The fraction of sp³-hybridized carbons (Fsp3) is 0.317. The van der Waals surface area contributed by atoms with E-state index in [0.29, 0.717) is 11.5 Å². The number of hydrogen-bond donors (Lipinski definition) is 0. The molecule has 0 saturated heterocycles. The van der Waals surface area contributed by atoms with E-state index in [0.717, 1.165) is 57.6 Å². The van der Waals surface area contributed by atoms with Crippen LogP contribution in [0.15, 0.2) is 89.6 Å². The van der Waals surface area contributed by atoms with Gasteiger partial charge in [-0.3, -0.25) is 0 Å². The van der Waals surface area contributed by atoms with Crippen LogP contribution in [0.1, 0.15) is 50.7 Å². The molecule has 0 N–H and O–H groups in total. The maximum absolute atomic E-state index is 13.7. The van der Waals surface area contributed by atoms with Gasteiger partial charge in [0.25, 0.3) is 0 Å². The van der Waals surface area contributed by atoms with Crippen molar-refractivity contribution in [3.05, 3.63) is 114 Å². The number of pyridine rings is 2. The van der Waals surface area contributed by atoms with Crippen LogP contribution in [-0.2, 0) is 32.9 Å². The van der Waals surface area contributed by atoms with E-state index in [-0.39, 0.29) is 25.9 Å². The Morgan fingerprint density at radius 3 is 2.36 bits per heavy atom. The Morgan fingerprint density at radius 2 is 1.64 bits per heavy atom. The number of hydrogen-bond acceptors (Lipinski definition) is 3. The van der Waals surface area contributed by atoms with Gasteiger partial charge in [-0.15, -0.1) is 59.7 Å². The van der Waals surface area contributed by atoms with Gasteiger partial charge in [0.1, 0.15) is 11.4 Å². The van der Waals surface area contributed by atoms with E-state index < -0.39 is 8.07 Å². The zero-order chi connectivity index (χ0) is 32.3. The quantitative estimate of drug-likeness (QED) is 0.119. The van der Waals surface area contributed by atoms with E-state index in [9.17, 15) is 4.39 Å². The summed E-state index contributed by atoms with van der Waals surface area (Å²) in [5.74, 6) is 1.21. The van der Waals surface area contributed by atoms with Crippen LogP contribution in [0.25, 0.3) is 44.5 Å². The first-order valence-corrected chi connectivity index (χ1v) is 20.1. The van der Waals surface area contributed by atoms with Crippen molar-refractivity contribution in [1.29, 1.82) is 0 Å². The molecule has 0 unspecified atom stereocenters. The minimum atomic E-state index is -1.34. The SMILES string of the molecule is CC(C)Cc1cc(-c2[c-]cccc2)ncc1[Si](C)(C)C.Fc1ccc2oc3c[c-]c(-c4cc(CC5CCCC5)ccn4)cc3c2c1.[Ir]. The van der Waals surface area contributed by atoms with E-state index >= 15 is 0 Å². The molecule has 1 saturated carbocycles. The smallest absolute Gasteiger partial charge is 0.124 e. The van der Waals surface area contributed by atoms with Crippen LogP contribution < -0.4 is 5.19 Å². The van der Waals surface area contributed by atoms with Crippen molar-refractivity contribution in [2.45, 2.75) is 72.0 Å². The number of aromatic nitrogens is 2. The van der Waals surface area contributed by atoms with Crippen LogP contribution in [0.3, 0.4) is 0 Å². The summed E-state index contributed by atoms with van der Waals surface area (Å²) in [5.41, 5.74) is 8.17. The van der Waals surface area contributed by atoms with Crippen molar-refractivity contribution in [3.8, 4) is 22.5 Å². The Kier molecular flexibility index (Phi) is 11.3. The van der Waals surface area contributed by atoms with Crippen LogP contribution in [0.2, 0.25) is 19.6 Å². The van der Waals surface area contributed by atoms with Crippen molar-refractivity contribution in [3.63, 3.8) is 0 Å². The number of halogens is 1. The minimum absolute atomic E-state index is 0. The normalized spacial score (nSPS) is 13.5. The molecule has 0 atom stereocenters. The summed E-state index contributed by atoms with van der Waals surface area (Å²) < 4.78 is 19.4. The second kappa shape index (κ2) is 15.2. The van der Waals surface area contributed by atoms with Gasteiger partial charge >= 0.3 is 0 Å². The molecule has 0 amide bonds. The number of fused-ring (bicyclic) bond motifs is 3. The molecule has 3 aromatic carbocycles. The van der Waals surface area contributed by atoms with Gasteiger partial charge in [0, 0.05) is 37.9 Å². The molecular weight excluding hydrogens is 776 g/mol. The Hall–Kier alpha value is -3.44. The molecule has 3 heterocycles. The molecule has 0 spiro atoms. The number of nitrogens with zero attached hydrogens (tertiary/aromatic N) is 2. The summed E-state index contributed by atoms with van der Waals surface area (Å²) in [4.78, 5) is 9.22. The molecule has 0 aliphatic heterocycles. The summed E-state index contributed by atoms with van der Waals surface area (Å²) in [6, 6.07) is 29.6. The van der Waals surface area contributed by atoms with Crippen LogP contribution in [-0.4, -0.2) is 18.0 Å². The molecule has 7 rings (SSSR count). The van der Waals surface area contributed by atoms with Crippen LogP contribution in [0, 0.1) is 29.8 Å². The number of furan rings is 1. The molecule has 3 nitrogen and oxygen atoms in total. The predicted octanol–water partition coefficient (Wildman–Crippen LogP) is 10.6. The second-order valence-corrected chi connectivity index (χ2v) is 19.2. The molecule has 6 aromatic rings. The van der Waals surface area contributed by atoms with E-state index in [1.165, 1.54) is 54.1 Å². The maximum Gasteiger partial charge on any atom is 0.124 e. The van der Waals surface area contributed by atoms with Gasteiger partial charge < -0.3 is 14.4 Å².